The van der Waals surface area contributed by atoms with Crippen molar-refractivity contribution in [3.8, 4) is 5.75 Å². The molecule has 11 heteroatoms. The second kappa shape index (κ2) is 12.4. The molecule has 0 bridgehead atoms. The summed E-state index contributed by atoms with van der Waals surface area (Å²) in [6.07, 6.45) is -7.37. The van der Waals surface area contributed by atoms with E-state index < -0.39 is 90.6 Å². The predicted octanol–water partition coefficient (Wildman–Crippen LogP) is 2.73. The molecule has 10 nitrogen and oxygen atoms in total. The molecule has 3 aliphatic heterocycles. The van der Waals surface area contributed by atoms with E-state index in [2.05, 4.69) is 5.32 Å². The maximum atomic E-state index is 14.3. The number of hydrogen-bond acceptors (Lipinski definition) is 8. The van der Waals surface area contributed by atoms with Crippen molar-refractivity contribution in [2.24, 2.45) is 11.8 Å². The SMILES string of the molecule is [2H]C([2H])([2H])C([2H])(C([2H])([2H])[2H])C([2H])([2H])N(C[C@@H](O)[C@H](Cc1ccccc1)NC(=O)O[C@]1([2H])[C@@H]2CCO[C@@H]2OC1([2H])[2H])S(=O)(=O)c1ccc2c(c1)CCO2. The smallest absolute Gasteiger partial charge is 0.407 e. The molecule has 0 unspecified atom stereocenters. The van der Waals surface area contributed by atoms with Crippen LogP contribution in [0, 0.1) is 11.8 Å². The summed E-state index contributed by atoms with van der Waals surface area (Å²) in [5, 5.41) is 14.0. The van der Waals surface area contributed by atoms with Crippen LogP contribution in [0.4, 0.5) is 4.79 Å². The minimum atomic E-state index is -5.30. The Morgan fingerprint density at radius 3 is 2.92 bits per heavy atom. The van der Waals surface area contributed by atoms with Crippen molar-refractivity contribution in [3.05, 3.63) is 59.7 Å². The van der Waals surface area contributed by atoms with E-state index in [-0.39, 0.29) is 36.8 Å². The zero-order valence-electron chi connectivity index (χ0n) is 33.3. The molecule has 5 rings (SSSR count). The Morgan fingerprint density at radius 2 is 2.12 bits per heavy atom. The Kier molecular flexibility index (Phi) is 5.38. The molecule has 218 valence electrons. The molecule has 0 radical (unpaired) electrons. The molecular weight excluding hydrogens is 536 g/mol. The molecule has 2 aromatic rings. The lowest BCUT2D eigenvalue weighted by Crippen LogP contribution is -2.51. The van der Waals surface area contributed by atoms with Crippen LogP contribution < -0.4 is 10.1 Å². The van der Waals surface area contributed by atoms with Gasteiger partial charge in [-0.2, -0.15) is 4.31 Å². The summed E-state index contributed by atoms with van der Waals surface area (Å²) in [6, 6.07) is 9.82. The second-order valence-corrected chi connectivity index (χ2v) is 11.4. The standard InChI is InChI=1S/C29H38N2O8S/c1-19(2)16-31(40(34,35)22-8-9-26-21(15-22)10-12-36-26)17-25(32)24(14-20-6-4-3-5-7-20)30-29(33)39-27-18-38-28-23(27)11-13-37-28/h3-9,15,19,23-25,27-28,32H,10-14,16-18H2,1-2H3,(H,30,33)/t23-,24-,25+,27-,28+/m0/s1/i1D3,2D3,16D2,18D2,19D,27D. The molecule has 2 N–H and O–H groups in total. The molecule has 2 saturated heterocycles. The monoisotopic (exact) mass is 586 g/mol. The molecule has 40 heavy (non-hydrogen) atoms. The van der Waals surface area contributed by atoms with Crippen LogP contribution in [0.2, 0.25) is 0 Å². The molecule has 1 amide bonds. The summed E-state index contributed by atoms with van der Waals surface area (Å²) in [5.74, 6) is -4.83. The third kappa shape index (κ3) is 6.60. The van der Waals surface area contributed by atoms with E-state index >= 15 is 0 Å². The topological polar surface area (TPSA) is 124 Å². The van der Waals surface area contributed by atoms with Gasteiger partial charge in [0, 0.05) is 31.8 Å². The third-order valence-electron chi connectivity index (χ3n) is 6.76. The third-order valence-corrected chi connectivity index (χ3v) is 8.43. The van der Waals surface area contributed by atoms with Crippen molar-refractivity contribution >= 4 is 16.1 Å². The van der Waals surface area contributed by atoms with E-state index in [1.54, 1.807) is 30.3 Å². The second-order valence-electron chi connectivity index (χ2n) is 9.51. The highest BCUT2D eigenvalue weighted by Gasteiger charge is 2.44. The van der Waals surface area contributed by atoms with Crippen molar-refractivity contribution in [3.63, 3.8) is 0 Å². The summed E-state index contributed by atoms with van der Waals surface area (Å²) in [5.41, 5.74) is 0.833. The molecule has 2 fully saturated rings. The molecular formula is C29H38N2O8S. The number of nitrogens with one attached hydrogen (secondary N) is 1. The van der Waals surface area contributed by atoms with Gasteiger partial charge in [-0.25, -0.2) is 13.2 Å². The number of ether oxygens (including phenoxy) is 4. The number of fused-ring (bicyclic) bond motifs is 2. The summed E-state index contributed by atoms with van der Waals surface area (Å²) in [6.45, 7) is -15.9. The number of alkyl carbamates (subject to hydrolysis) is 1. The summed E-state index contributed by atoms with van der Waals surface area (Å²) < 4.78 is 149. The largest absolute Gasteiger partial charge is 0.493 e. The fourth-order valence-electron chi connectivity index (χ4n) is 4.73. The van der Waals surface area contributed by atoms with Crippen molar-refractivity contribution in [1.29, 1.82) is 0 Å². The highest BCUT2D eigenvalue weighted by atomic mass is 32.2. The van der Waals surface area contributed by atoms with Gasteiger partial charge in [-0.1, -0.05) is 44.0 Å². The van der Waals surface area contributed by atoms with Gasteiger partial charge in [0.1, 0.15) is 11.8 Å². The van der Waals surface area contributed by atoms with Gasteiger partial charge in [0.2, 0.25) is 10.0 Å². The highest BCUT2D eigenvalue weighted by Crippen LogP contribution is 2.33. The van der Waals surface area contributed by atoms with Crippen LogP contribution in [0.25, 0.3) is 0 Å². The normalized spacial score (nSPS) is 32.2. The molecule has 0 saturated carbocycles. The van der Waals surface area contributed by atoms with Crippen molar-refractivity contribution in [2.75, 3.05) is 32.8 Å². The van der Waals surface area contributed by atoms with Crippen LogP contribution in [0.3, 0.4) is 0 Å². The zero-order chi connectivity index (χ0) is 38.7. The van der Waals surface area contributed by atoms with E-state index in [1.807, 2.05) is 0 Å². The number of sulfonamides is 1. The Morgan fingerprint density at radius 1 is 1.30 bits per heavy atom. The van der Waals surface area contributed by atoms with Crippen LogP contribution in [0.5, 0.6) is 5.75 Å². The first-order valence-electron chi connectivity index (χ1n) is 18.7. The van der Waals surface area contributed by atoms with E-state index in [9.17, 15) is 18.3 Å². The first-order chi connectivity index (χ1) is 23.9. The number of carbonyl (C=O) groups excluding carboxylic acids is 1. The van der Waals surface area contributed by atoms with E-state index in [0.717, 1.165) is 12.1 Å². The number of nitrogens with zero attached hydrogens (tertiary/aromatic N) is 1. The summed E-state index contributed by atoms with van der Waals surface area (Å²) >= 11 is 0. The van der Waals surface area contributed by atoms with Gasteiger partial charge < -0.3 is 29.4 Å². The minimum Gasteiger partial charge on any atom is -0.493 e. The Hall–Kier alpha value is -2.70. The van der Waals surface area contributed by atoms with Crippen LogP contribution in [-0.4, -0.2) is 81.3 Å². The van der Waals surface area contributed by atoms with Gasteiger partial charge in [-0.05, 0) is 48.1 Å². The van der Waals surface area contributed by atoms with Gasteiger partial charge >= 0.3 is 6.09 Å². The van der Waals surface area contributed by atoms with E-state index in [4.69, 9.17) is 35.4 Å². The van der Waals surface area contributed by atoms with Crippen LogP contribution in [-0.2, 0) is 37.1 Å². The van der Waals surface area contributed by atoms with Crippen molar-refractivity contribution in [2.45, 2.75) is 62.4 Å². The molecule has 3 aliphatic rings. The molecule has 3 heterocycles. The minimum absolute atomic E-state index is 0.0971. The molecule has 5 atom stereocenters. The van der Waals surface area contributed by atoms with Gasteiger partial charge in [0.05, 0.1) is 46.8 Å². The number of carbonyl (C=O) groups is 1. The van der Waals surface area contributed by atoms with Gasteiger partial charge in [0.15, 0.2) is 6.29 Å². The number of amides is 1. The Bertz CT molecular complexity index is 1730. The number of rotatable bonds is 11. The van der Waals surface area contributed by atoms with Crippen LogP contribution >= 0.6 is 0 Å². The van der Waals surface area contributed by atoms with E-state index in [1.165, 1.54) is 6.07 Å². The maximum Gasteiger partial charge on any atom is 0.407 e. The van der Waals surface area contributed by atoms with Crippen LogP contribution in [0.15, 0.2) is 53.4 Å². The number of aliphatic hydroxyl groups is 1. The zero-order valence-corrected chi connectivity index (χ0v) is 22.1. The van der Waals surface area contributed by atoms with Gasteiger partial charge in [0.25, 0.3) is 0 Å². The van der Waals surface area contributed by atoms with Gasteiger partial charge in [-0.3, -0.25) is 0 Å². The number of benzene rings is 2. The molecule has 0 aliphatic carbocycles. The fourth-order valence-corrected chi connectivity index (χ4v) is 6.08. The van der Waals surface area contributed by atoms with Gasteiger partial charge in [-0.15, -0.1) is 0 Å². The average molecular weight is 587 g/mol. The fraction of sp³-hybridized carbons (Fsp3) is 0.552. The summed E-state index contributed by atoms with van der Waals surface area (Å²) in [4.78, 5) is 12.8. The summed E-state index contributed by atoms with van der Waals surface area (Å²) in [7, 11) is -5.30. The van der Waals surface area contributed by atoms with E-state index in [0.29, 0.717) is 16.9 Å². The number of aliphatic hydroxyl groups excluding tert-OH is 1. The predicted molar refractivity (Wildman–Crippen MR) is 146 cm³/mol. The molecule has 0 aromatic heterocycles. The van der Waals surface area contributed by atoms with Crippen molar-refractivity contribution in [1.82, 2.24) is 9.62 Å². The Balaban J connectivity index is 1.55. The molecule has 2 aromatic carbocycles. The average Bonchev–Trinajstić information content (AvgIpc) is 3.74. The lowest BCUT2D eigenvalue weighted by atomic mass is 10.0. The highest BCUT2D eigenvalue weighted by molar-refractivity contribution is 7.89. The van der Waals surface area contributed by atoms with Crippen LogP contribution in [0.1, 0.15) is 47.7 Å². The molecule has 0 spiro atoms. The lowest BCUT2D eigenvalue weighted by Gasteiger charge is -2.31. The lowest BCUT2D eigenvalue weighted by molar-refractivity contribution is -0.0907. The quantitative estimate of drug-likeness (QED) is 0.412. The number of hydrogen-bond donors (Lipinski definition) is 2. The Labute approximate surface area is 252 Å². The maximum absolute atomic E-state index is 14.3. The van der Waals surface area contributed by atoms with Crippen molar-refractivity contribution < 1.29 is 53.7 Å². The first kappa shape index (κ1) is 17.3. The first-order valence-corrected chi connectivity index (χ1v) is 14.1.